The molecule has 1 spiro atoms. The van der Waals surface area contributed by atoms with Gasteiger partial charge < -0.3 is 20.7 Å². The number of nitrogens with one attached hydrogen (secondary N) is 3. The molecule has 2 fully saturated rings. The molecule has 2 aromatic carbocycles. The zero-order chi connectivity index (χ0) is 26.0. The molecule has 6 nitrogen and oxygen atoms in total. The molecule has 0 saturated heterocycles. The van der Waals surface area contributed by atoms with Crippen LogP contribution in [0.5, 0.6) is 5.75 Å². The van der Waals surface area contributed by atoms with Crippen LogP contribution >= 0.6 is 11.8 Å². The van der Waals surface area contributed by atoms with Crippen LogP contribution in [0.3, 0.4) is 0 Å². The molecule has 0 unspecified atom stereocenters. The number of ether oxygens (including phenoxy) is 1. The van der Waals surface area contributed by atoms with Gasteiger partial charge in [0.2, 0.25) is 5.95 Å². The predicted molar refractivity (Wildman–Crippen MR) is 142 cm³/mol. The summed E-state index contributed by atoms with van der Waals surface area (Å²) in [6.07, 6.45) is 3.06. The van der Waals surface area contributed by atoms with Crippen molar-refractivity contribution >= 4 is 34.4 Å². The van der Waals surface area contributed by atoms with Crippen molar-refractivity contribution < 1.29 is 17.9 Å². The van der Waals surface area contributed by atoms with Crippen molar-refractivity contribution in [2.45, 2.75) is 61.9 Å². The lowest BCUT2D eigenvalue weighted by Gasteiger charge is -2.30. The molecule has 37 heavy (non-hydrogen) atoms. The Morgan fingerprint density at radius 3 is 2.62 bits per heavy atom. The van der Waals surface area contributed by atoms with E-state index < -0.39 is 6.36 Å². The molecule has 198 valence electrons. The van der Waals surface area contributed by atoms with E-state index in [1.165, 1.54) is 17.8 Å². The molecule has 1 heterocycles. The molecule has 2 aliphatic rings. The lowest BCUT2D eigenvalue weighted by molar-refractivity contribution is -0.275. The molecule has 0 amide bonds. The van der Waals surface area contributed by atoms with Crippen LogP contribution in [0.1, 0.15) is 37.7 Å². The van der Waals surface area contributed by atoms with Crippen LogP contribution in [0.2, 0.25) is 0 Å². The van der Waals surface area contributed by atoms with E-state index in [0.29, 0.717) is 42.0 Å². The molecule has 3 aromatic rings. The summed E-state index contributed by atoms with van der Waals surface area (Å²) >= 11 is 1.39. The molecule has 0 bridgehead atoms. The predicted octanol–water partition coefficient (Wildman–Crippen LogP) is 6.24. The van der Waals surface area contributed by atoms with E-state index in [4.69, 9.17) is 4.98 Å². The number of benzene rings is 2. The van der Waals surface area contributed by atoms with Crippen LogP contribution in [0.15, 0.2) is 47.4 Å². The number of para-hydroxylation sites is 1. The number of rotatable bonds is 9. The Bertz CT molecular complexity index is 1250. The van der Waals surface area contributed by atoms with E-state index in [-0.39, 0.29) is 5.75 Å². The van der Waals surface area contributed by atoms with Gasteiger partial charge in [0, 0.05) is 29.4 Å². The van der Waals surface area contributed by atoms with Gasteiger partial charge in [-0.25, -0.2) is 4.98 Å². The minimum atomic E-state index is -4.70. The molecule has 1 atom stereocenters. The van der Waals surface area contributed by atoms with Crippen LogP contribution in [-0.4, -0.2) is 48.3 Å². The second-order valence-corrected chi connectivity index (χ2v) is 10.8. The smallest absolute Gasteiger partial charge is 0.405 e. The Balaban J connectivity index is 1.12. The highest BCUT2D eigenvalue weighted by Gasteiger charge is 2.54. The van der Waals surface area contributed by atoms with Gasteiger partial charge in [0.1, 0.15) is 11.6 Å². The summed E-state index contributed by atoms with van der Waals surface area (Å²) in [5.74, 6) is 1.37. The summed E-state index contributed by atoms with van der Waals surface area (Å²) in [4.78, 5) is 10.1. The third kappa shape index (κ3) is 6.06. The van der Waals surface area contributed by atoms with Gasteiger partial charge in [0.15, 0.2) is 0 Å². The third-order valence-electron chi connectivity index (χ3n) is 7.63. The molecular weight excluding hydrogens is 499 g/mol. The summed E-state index contributed by atoms with van der Waals surface area (Å²) in [6, 6.07) is 13.8. The second kappa shape index (κ2) is 10.6. The number of aromatic nitrogens is 2. The van der Waals surface area contributed by atoms with Gasteiger partial charge in [-0.05, 0) is 86.6 Å². The SMILES string of the molecule is CNc1nc(NC2CCC3(CC2)C[C@H]3NCCc2ccc(SC)cc2OC(F)(F)F)nc2ccccc12. The zero-order valence-electron chi connectivity index (χ0n) is 21.0. The third-order valence-corrected chi connectivity index (χ3v) is 8.35. The first kappa shape index (κ1) is 25.9. The minimum Gasteiger partial charge on any atom is -0.405 e. The number of hydrogen-bond donors (Lipinski definition) is 3. The number of anilines is 2. The van der Waals surface area contributed by atoms with E-state index in [1.54, 1.807) is 6.07 Å². The summed E-state index contributed by atoms with van der Waals surface area (Å²) < 4.78 is 42.9. The zero-order valence-corrected chi connectivity index (χ0v) is 21.8. The maximum atomic E-state index is 12.9. The van der Waals surface area contributed by atoms with E-state index in [0.717, 1.165) is 53.7 Å². The maximum Gasteiger partial charge on any atom is 0.573 e. The average molecular weight is 532 g/mol. The van der Waals surface area contributed by atoms with Crippen LogP contribution in [0.4, 0.5) is 24.9 Å². The van der Waals surface area contributed by atoms with E-state index >= 15 is 0 Å². The van der Waals surface area contributed by atoms with Gasteiger partial charge in [-0.15, -0.1) is 24.9 Å². The van der Waals surface area contributed by atoms with Crippen LogP contribution in [0.25, 0.3) is 10.9 Å². The Morgan fingerprint density at radius 1 is 1.11 bits per heavy atom. The van der Waals surface area contributed by atoms with Crippen molar-refractivity contribution in [3.8, 4) is 5.75 Å². The second-order valence-electron chi connectivity index (χ2n) is 9.93. The molecule has 0 aliphatic heterocycles. The molecule has 2 saturated carbocycles. The van der Waals surface area contributed by atoms with E-state index in [1.807, 2.05) is 43.6 Å². The van der Waals surface area contributed by atoms with Crippen molar-refractivity contribution in [1.29, 1.82) is 0 Å². The molecule has 3 N–H and O–H groups in total. The molecule has 2 aliphatic carbocycles. The van der Waals surface area contributed by atoms with Crippen molar-refractivity contribution in [2.75, 3.05) is 30.5 Å². The number of hydrogen-bond acceptors (Lipinski definition) is 7. The highest BCUT2D eigenvalue weighted by molar-refractivity contribution is 7.98. The van der Waals surface area contributed by atoms with E-state index in [9.17, 15) is 13.2 Å². The lowest BCUT2D eigenvalue weighted by atomic mass is 9.83. The fourth-order valence-electron chi connectivity index (χ4n) is 5.51. The van der Waals surface area contributed by atoms with Crippen LogP contribution < -0.4 is 20.7 Å². The quantitative estimate of drug-likeness (QED) is 0.283. The first-order valence-corrected chi connectivity index (χ1v) is 13.9. The van der Waals surface area contributed by atoms with Crippen molar-refractivity contribution in [3.05, 3.63) is 48.0 Å². The summed E-state index contributed by atoms with van der Waals surface area (Å²) in [5.41, 5.74) is 1.78. The Kier molecular flexibility index (Phi) is 7.40. The Labute approximate surface area is 219 Å². The Morgan fingerprint density at radius 2 is 1.89 bits per heavy atom. The molecule has 1 aromatic heterocycles. The fourth-order valence-corrected chi connectivity index (χ4v) is 5.94. The maximum absolute atomic E-state index is 12.9. The molecule has 5 rings (SSSR count). The number of halogens is 3. The lowest BCUT2D eigenvalue weighted by Crippen LogP contribution is -2.32. The number of thioether (sulfide) groups is 1. The van der Waals surface area contributed by atoms with Crippen molar-refractivity contribution in [1.82, 2.24) is 15.3 Å². The summed E-state index contributed by atoms with van der Waals surface area (Å²) in [7, 11) is 1.87. The van der Waals surface area contributed by atoms with Gasteiger partial charge in [-0.1, -0.05) is 18.2 Å². The van der Waals surface area contributed by atoms with Gasteiger partial charge in [-0.2, -0.15) is 4.98 Å². The number of alkyl halides is 3. The highest BCUT2D eigenvalue weighted by atomic mass is 32.2. The number of nitrogens with zero attached hydrogens (tertiary/aromatic N) is 2. The van der Waals surface area contributed by atoms with Crippen LogP contribution in [-0.2, 0) is 6.42 Å². The monoisotopic (exact) mass is 531 g/mol. The van der Waals surface area contributed by atoms with Gasteiger partial charge >= 0.3 is 6.36 Å². The normalized spacial score (nSPS) is 23.3. The molecule has 10 heteroatoms. The first-order chi connectivity index (χ1) is 17.8. The number of fused-ring (bicyclic) bond motifs is 1. The summed E-state index contributed by atoms with van der Waals surface area (Å²) in [5, 5.41) is 11.3. The van der Waals surface area contributed by atoms with Crippen LogP contribution in [0, 0.1) is 5.41 Å². The molecule has 0 radical (unpaired) electrons. The van der Waals surface area contributed by atoms with Crippen molar-refractivity contribution in [2.24, 2.45) is 5.41 Å². The standard InChI is InChI=1S/C27H32F3N5OS/c1-31-24-20-5-3-4-6-21(20)34-25(35-24)33-18-9-12-26(13-10-18)16-23(26)32-14-11-17-7-8-19(37-2)15-22(17)36-27(28,29)30/h3-8,15,18,23,32H,9-14,16H2,1-2H3,(H2,31,33,34,35)/t18?,23-,26?/m1/s1. The largest absolute Gasteiger partial charge is 0.573 e. The summed E-state index contributed by atoms with van der Waals surface area (Å²) in [6.45, 7) is 0.624. The van der Waals surface area contributed by atoms with Crippen molar-refractivity contribution in [3.63, 3.8) is 0 Å². The first-order valence-electron chi connectivity index (χ1n) is 12.7. The minimum absolute atomic E-state index is 0.101. The average Bonchev–Trinajstić information content (AvgIpc) is 3.56. The van der Waals surface area contributed by atoms with Gasteiger partial charge in [0.25, 0.3) is 0 Å². The Hall–Kier alpha value is -2.72. The highest BCUT2D eigenvalue weighted by Crippen LogP contribution is 2.56. The topological polar surface area (TPSA) is 71.1 Å². The fraction of sp³-hybridized carbons (Fsp3) is 0.481. The van der Waals surface area contributed by atoms with Gasteiger partial charge in [0.05, 0.1) is 5.52 Å². The van der Waals surface area contributed by atoms with E-state index in [2.05, 4.69) is 25.7 Å². The molecular formula is C27H32F3N5OS. The van der Waals surface area contributed by atoms with Gasteiger partial charge in [-0.3, -0.25) is 0 Å².